The Morgan fingerprint density at radius 3 is 2.55 bits per heavy atom. The van der Waals surface area contributed by atoms with E-state index < -0.39 is 11.7 Å². The molecular formula is C12H23N5O2S. The van der Waals surface area contributed by atoms with Crippen molar-refractivity contribution in [3.8, 4) is 0 Å². The fraction of sp³-hybridized carbons (Fsp3) is 0.750. The molecule has 0 aliphatic rings. The van der Waals surface area contributed by atoms with E-state index in [-0.39, 0.29) is 6.04 Å². The molecule has 0 spiro atoms. The van der Waals surface area contributed by atoms with E-state index in [2.05, 4.69) is 15.5 Å². The summed E-state index contributed by atoms with van der Waals surface area (Å²) in [5.41, 5.74) is -0.556. The number of rotatable bonds is 4. The van der Waals surface area contributed by atoms with Crippen LogP contribution in [0, 0.1) is 10.7 Å². The highest BCUT2D eigenvalue weighted by molar-refractivity contribution is 7.71. The summed E-state index contributed by atoms with van der Waals surface area (Å²) in [5, 5.41) is 9.46. The molecule has 4 N–H and O–H groups in total. The zero-order chi connectivity index (χ0) is 15.5. The van der Waals surface area contributed by atoms with Gasteiger partial charge in [0.1, 0.15) is 5.60 Å². The van der Waals surface area contributed by atoms with E-state index in [1.165, 1.54) is 4.68 Å². The molecule has 0 aromatic carbocycles. The van der Waals surface area contributed by atoms with Crippen LogP contribution in [0.1, 0.15) is 52.9 Å². The van der Waals surface area contributed by atoms with Crippen molar-refractivity contribution in [3.63, 3.8) is 0 Å². The first kappa shape index (κ1) is 16.5. The summed E-state index contributed by atoms with van der Waals surface area (Å²) in [5.74, 6) is 6.64. The number of H-pyrrole nitrogens is 1. The van der Waals surface area contributed by atoms with Gasteiger partial charge in [0, 0.05) is 0 Å². The van der Waals surface area contributed by atoms with Crippen molar-refractivity contribution in [2.24, 2.45) is 5.92 Å². The summed E-state index contributed by atoms with van der Waals surface area (Å²) in [4.78, 5) is 11.9. The molecule has 8 heteroatoms. The quantitative estimate of drug-likeness (QED) is 0.585. The first-order valence-electron chi connectivity index (χ1n) is 6.52. The van der Waals surface area contributed by atoms with Gasteiger partial charge < -0.3 is 15.9 Å². The van der Waals surface area contributed by atoms with Crippen LogP contribution in [0.4, 0.5) is 4.79 Å². The summed E-state index contributed by atoms with van der Waals surface area (Å²) in [6.45, 7) is 9.52. The second kappa shape index (κ2) is 6.25. The van der Waals surface area contributed by atoms with Gasteiger partial charge in [0.25, 0.3) is 0 Å². The number of hydrogen-bond acceptors (Lipinski definition) is 5. The van der Waals surface area contributed by atoms with Crippen molar-refractivity contribution >= 4 is 18.3 Å². The largest absolute Gasteiger partial charge is 0.444 e. The normalized spacial score (nSPS) is 13.3. The number of nitrogens with two attached hydrogens (primary N) is 1. The van der Waals surface area contributed by atoms with Crippen LogP contribution >= 0.6 is 12.2 Å². The lowest BCUT2D eigenvalue weighted by atomic mass is 10.0. The molecule has 1 aromatic heterocycles. The Hall–Kier alpha value is -1.57. The molecule has 0 saturated carbocycles. The summed E-state index contributed by atoms with van der Waals surface area (Å²) in [6.07, 6.45) is 0.174. The second-order valence-electron chi connectivity index (χ2n) is 6.09. The van der Waals surface area contributed by atoms with Crippen molar-refractivity contribution in [3.05, 3.63) is 10.6 Å². The van der Waals surface area contributed by atoms with Crippen molar-refractivity contribution in [2.75, 3.05) is 5.84 Å². The number of ether oxygens (including phenoxy) is 1. The van der Waals surface area contributed by atoms with Gasteiger partial charge in [-0.2, -0.15) is 5.10 Å². The Kier molecular flexibility index (Phi) is 5.15. The van der Waals surface area contributed by atoms with Crippen LogP contribution in [-0.4, -0.2) is 26.6 Å². The van der Waals surface area contributed by atoms with Gasteiger partial charge in [0.05, 0.1) is 6.04 Å². The third kappa shape index (κ3) is 4.84. The Morgan fingerprint density at radius 1 is 1.55 bits per heavy atom. The van der Waals surface area contributed by atoms with Crippen molar-refractivity contribution in [1.82, 2.24) is 20.2 Å². The maximum atomic E-state index is 11.9. The van der Waals surface area contributed by atoms with Crippen LogP contribution in [0.15, 0.2) is 0 Å². The number of nitrogen functional groups attached to an aromatic ring is 1. The van der Waals surface area contributed by atoms with Crippen molar-refractivity contribution in [1.29, 1.82) is 0 Å². The Bertz CT molecular complexity index is 515. The fourth-order valence-corrected chi connectivity index (χ4v) is 1.85. The lowest BCUT2D eigenvalue weighted by molar-refractivity contribution is 0.0494. The van der Waals surface area contributed by atoms with Crippen LogP contribution in [0.2, 0.25) is 0 Å². The topological polar surface area (TPSA) is 98.0 Å². The predicted octanol–water partition coefficient (Wildman–Crippen LogP) is 2.27. The lowest BCUT2D eigenvalue weighted by Gasteiger charge is -2.24. The fourth-order valence-electron chi connectivity index (χ4n) is 1.71. The summed E-state index contributed by atoms with van der Waals surface area (Å²) in [7, 11) is 0. The van der Waals surface area contributed by atoms with Gasteiger partial charge in [0.15, 0.2) is 5.82 Å². The van der Waals surface area contributed by atoms with Crippen molar-refractivity contribution in [2.45, 2.75) is 52.7 Å². The summed E-state index contributed by atoms with van der Waals surface area (Å²) in [6, 6.07) is -0.359. The molecule has 0 aliphatic carbocycles. The predicted molar refractivity (Wildman–Crippen MR) is 79.1 cm³/mol. The SMILES string of the molecule is CC(C)C[C@H](NC(=O)OC(C)(C)C)c1n[nH]c(=S)n1N. The Balaban J connectivity index is 2.88. The number of hydrogen-bond donors (Lipinski definition) is 3. The Morgan fingerprint density at radius 2 is 2.15 bits per heavy atom. The minimum atomic E-state index is -0.556. The maximum Gasteiger partial charge on any atom is 0.408 e. The number of carbonyl (C=O) groups excluding carboxylic acids is 1. The molecule has 0 unspecified atom stereocenters. The third-order valence-corrected chi connectivity index (χ3v) is 2.73. The smallest absolute Gasteiger partial charge is 0.408 e. The highest BCUT2D eigenvalue weighted by atomic mass is 32.1. The van der Waals surface area contributed by atoms with Crippen LogP contribution in [0.25, 0.3) is 0 Å². The minimum absolute atomic E-state index is 0.305. The van der Waals surface area contributed by atoms with Crippen LogP contribution in [0.3, 0.4) is 0 Å². The molecule has 1 rings (SSSR count). The molecule has 0 radical (unpaired) electrons. The number of nitrogens with zero attached hydrogens (tertiary/aromatic N) is 2. The molecule has 1 heterocycles. The third-order valence-electron chi connectivity index (χ3n) is 2.44. The van der Waals surface area contributed by atoms with Gasteiger partial charge in [-0.05, 0) is 45.3 Å². The second-order valence-corrected chi connectivity index (χ2v) is 6.47. The van der Waals surface area contributed by atoms with Gasteiger partial charge in [-0.1, -0.05) is 13.8 Å². The van der Waals surface area contributed by atoms with Crippen LogP contribution in [0.5, 0.6) is 0 Å². The van der Waals surface area contributed by atoms with E-state index in [9.17, 15) is 4.79 Å². The first-order chi connectivity index (χ1) is 9.10. The molecule has 114 valence electrons. The van der Waals surface area contributed by atoms with E-state index >= 15 is 0 Å². The van der Waals surface area contributed by atoms with Gasteiger partial charge >= 0.3 is 6.09 Å². The number of alkyl carbamates (subject to hydrolysis) is 1. The van der Waals surface area contributed by atoms with Crippen molar-refractivity contribution < 1.29 is 9.53 Å². The maximum absolute atomic E-state index is 11.9. The number of aromatic nitrogens is 3. The van der Waals surface area contributed by atoms with E-state index in [1.807, 2.05) is 34.6 Å². The molecule has 1 aromatic rings. The van der Waals surface area contributed by atoms with Gasteiger partial charge in [-0.15, -0.1) is 0 Å². The average Bonchev–Trinajstić information content (AvgIpc) is 2.55. The summed E-state index contributed by atoms with van der Waals surface area (Å²) >= 11 is 4.98. The van der Waals surface area contributed by atoms with Gasteiger partial charge in [-0.25, -0.2) is 9.47 Å². The number of nitrogens with one attached hydrogen (secondary N) is 2. The molecule has 0 aliphatic heterocycles. The zero-order valence-corrected chi connectivity index (χ0v) is 13.4. The standard InChI is InChI=1S/C12H23N5O2S/c1-7(2)6-8(9-15-16-10(20)17(9)13)14-11(18)19-12(3,4)5/h7-8H,6,13H2,1-5H3,(H,14,18)(H,16,20)/t8-/m0/s1. The molecule has 0 bridgehead atoms. The van der Waals surface area contributed by atoms with E-state index in [0.29, 0.717) is 22.9 Å². The minimum Gasteiger partial charge on any atom is -0.444 e. The van der Waals surface area contributed by atoms with E-state index in [4.69, 9.17) is 22.8 Å². The monoisotopic (exact) mass is 301 g/mol. The highest BCUT2D eigenvalue weighted by Gasteiger charge is 2.24. The first-order valence-corrected chi connectivity index (χ1v) is 6.93. The molecule has 0 fully saturated rings. The molecule has 20 heavy (non-hydrogen) atoms. The Labute approximate surface area is 123 Å². The van der Waals surface area contributed by atoms with Crippen LogP contribution < -0.4 is 11.2 Å². The van der Waals surface area contributed by atoms with Gasteiger partial charge in [0.2, 0.25) is 4.77 Å². The zero-order valence-electron chi connectivity index (χ0n) is 12.6. The number of amides is 1. The number of aromatic amines is 1. The molecule has 7 nitrogen and oxygen atoms in total. The molecule has 1 amide bonds. The molecule has 0 saturated heterocycles. The highest BCUT2D eigenvalue weighted by Crippen LogP contribution is 2.19. The number of carbonyl (C=O) groups is 1. The van der Waals surface area contributed by atoms with E-state index in [1.54, 1.807) is 0 Å². The average molecular weight is 301 g/mol. The van der Waals surface area contributed by atoms with Gasteiger partial charge in [-0.3, -0.25) is 5.10 Å². The van der Waals surface area contributed by atoms with E-state index in [0.717, 1.165) is 0 Å². The molecular weight excluding hydrogens is 278 g/mol. The summed E-state index contributed by atoms with van der Waals surface area (Å²) < 4.78 is 6.82. The lowest BCUT2D eigenvalue weighted by Crippen LogP contribution is -2.37. The molecule has 1 atom stereocenters. The van der Waals surface area contributed by atoms with Crippen LogP contribution in [-0.2, 0) is 4.74 Å².